The van der Waals surface area contributed by atoms with E-state index in [1.54, 1.807) is 7.11 Å². The van der Waals surface area contributed by atoms with Gasteiger partial charge < -0.3 is 14.2 Å². The summed E-state index contributed by atoms with van der Waals surface area (Å²) in [6.45, 7) is 2.26. The van der Waals surface area contributed by atoms with E-state index in [1.165, 1.54) is 44.9 Å². The van der Waals surface area contributed by atoms with Gasteiger partial charge in [0.2, 0.25) is 6.29 Å². The molecule has 0 radical (unpaired) electrons. The fourth-order valence-electron chi connectivity index (χ4n) is 4.87. The summed E-state index contributed by atoms with van der Waals surface area (Å²) >= 11 is 0. The fourth-order valence-corrected chi connectivity index (χ4v) is 4.87. The molecule has 3 nitrogen and oxygen atoms in total. The average Bonchev–Trinajstić information content (AvgIpc) is 2.92. The van der Waals surface area contributed by atoms with Crippen LogP contribution < -0.4 is 9.47 Å². The molecule has 1 atom stereocenters. The van der Waals surface area contributed by atoms with Crippen molar-refractivity contribution in [1.29, 1.82) is 0 Å². The first-order chi connectivity index (χ1) is 17.3. The van der Waals surface area contributed by atoms with Gasteiger partial charge in [0.15, 0.2) is 5.60 Å². The van der Waals surface area contributed by atoms with Crippen LogP contribution >= 0.6 is 0 Å². The second-order valence-corrected chi connectivity index (χ2v) is 9.22. The maximum absolute atomic E-state index is 6.88. The number of benzene rings is 3. The van der Waals surface area contributed by atoms with E-state index in [-0.39, 0.29) is 0 Å². The Morgan fingerprint density at radius 1 is 0.800 bits per heavy atom. The molecule has 184 valence electrons. The number of unbranched alkanes of at least 4 members (excludes halogenated alkanes) is 7. The summed E-state index contributed by atoms with van der Waals surface area (Å²) in [5, 5.41) is 0. The average molecular weight is 471 g/mol. The molecule has 35 heavy (non-hydrogen) atoms. The summed E-state index contributed by atoms with van der Waals surface area (Å²) < 4.78 is 18.8. The van der Waals surface area contributed by atoms with Gasteiger partial charge in [-0.2, -0.15) is 0 Å². The number of ether oxygens (including phenoxy) is 3. The molecular formula is C32H38O3. The first-order valence-electron chi connectivity index (χ1n) is 13.1. The topological polar surface area (TPSA) is 27.7 Å². The van der Waals surface area contributed by atoms with E-state index in [4.69, 9.17) is 14.2 Å². The number of methoxy groups -OCH3 is 1. The lowest BCUT2D eigenvalue weighted by Gasteiger charge is -2.42. The van der Waals surface area contributed by atoms with Gasteiger partial charge in [0.05, 0.1) is 7.11 Å². The summed E-state index contributed by atoms with van der Waals surface area (Å²) in [5.41, 5.74) is 2.27. The van der Waals surface area contributed by atoms with Crippen LogP contribution in [0.3, 0.4) is 0 Å². The van der Waals surface area contributed by atoms with Gasteiger partial charge >= 0.3 is 0 Å². The third-order valence-electron chi connectivity index (χ3n) is 6.73. The Hall–Kier alpha value is -3.04. The molecule has 1 aliphatic rings. The van der Waals surface area contributed by atoms with Crippen LogP contribution in [-0.2, 0) is 10.3 Å². The molecule has 0 aliphatic carbocycles. The summed E-state index contributed by atoms with van der Waals surface area (Å²) in [6, 6.07) is 26.8. The largest absolute Gasteiger partial charge is 0.497 e. The molecule has 0 spiro atoms. The quantitative estimate of drug-likeness (QED) is 0.196. The summed E-state index contributed by atoms with van der Waals surface area (Å²) in [4.78, 5) is 0. The highest BCUT2D eigenvalue weighted by Crippen LogP contribution is 2.49. The van der Waals surface area contributed by atoms with E-state index in [0.717, 1.165) is 34.6 Å². The molecule has 3 aromatic carbocycles. The van der Waals surface area contributed by atoms with E-state index in [1.807, 2.05) is 30.3 Å². The Balaban J connectivity index is 1.60. The van der Waals surface area contributed by atoms with Crippen molar-refractivity contribution in [2.24, 2.45) is 0 Å². The van der Waals surface area contributed by atoms with Crippen LogP contribution in [0.2, 0.25) is 0 Å². The first kappa shape index (κ1) is 25.1. The zero-order valence-corrected chi connectivity index (χ0v) is 21.1. The van der Waals surface area contributed by atoms with Gasteiger partial charge in [0.25, 0.3) is 0 Å². The van der Waals surface area contributed by atoms with Crippen LogP contribution in [0.15, 0.2) is 91.0 Å². The predicted molar refractivity (Wildman–Crippen MR) is 143 cm³/mol. The van der Waals surface area contributed by atoms with E-state index < -0.39 is 11.9 Å². The molecule has 3 aromatic rings. The van der Waals surface area contributed by atoms with Crippen LogP contribution in [0.1, 0.15) is 75.0 Å². The van der Waals surface area contributed by atoms with Gasteiger partial charge in [-0.15, -0.1) is 0 Å². The molecule has 4 rings (SSSR count). The standard InChI is InChI=1S/C32H38O3/c1-3-4-5-6-7-8-9-10-17-22-31-34-30-24-23-28(33-2)25-29(30)32(35-31,26-18-13-11-14-19-26)27-20-15-12-16-21-27/h11-25,31H,3-10H2,1-2H3/b22-17-. The van der Waals surface area contributed by atoms with E-state index in [2.05, 4.69) is 67.6 Å². The van der Waals surface area contributed by atoms with Crippen LogP contribution in [0.5, 0.6) is 11.5 Å². The Bertz CT molecular complexity index is 1020. The number of allylic oxidation sites excluding steroid dienone is 1. The Labute approximate surface area is 210 Å². The Kier molecular flexibility index (Phi) is 9.02. The molecule has 0 N–H and O–H groups in total. The van der Waals surface area contributed by atoms with Crippen molar-refractivity contribution >= 4 is 0 Å². The smallest absolute Gasteiger partial charge is 0.221 e. The molecule has 0 fully saturated rings. The highest BCUT2D eigenvalue weighted by molar-refractivity contribution is 5.56. The second kappa shape index (κ2) is 12.6. The van der Waals surface area contributed by atoms with Crippen molar-refractivity contribution in [3.8, 4) is 11.5 Å². The highest BCUT2D eigenvalue weighted by atomic mass is 16.7. The van der Waals surface area contributed by atoms with E-state index >= 15 is 0 Å². The number of rotatable bonds is 12. The van der Waals surface area contributed by atoms with Crippen molar-refractivity contribution in [1.82, 2.24) is 0 Å². The molecule has 0 saturated heterocycles. The van der Waals surface area contributed by atoms with Crippen molar-refractivity contribution in [2.45, 2.75) is 70.2 Å². The van der Waals surface area contributed by atoms with Crippen LogP contribution in [0.25, 0.3) is 0 Å². The molecule has 1 aliphatic heterocycles. The van der Waals surface area contributed by atoms with Crippen LogP contribution in [0, 0.1) is 0 Å². The minimum Gasteiger partial charge on any atom is -0.497 e. The van der Waals surface area contributed by atoms with Gasteiger partial charge in [-0.1, -0.05) is 112 Å². The van der Waals surface area contributed by atoms with Crippen molar-refractivity contribution < 1.29 is 14.2 Å². The lowest BCUT2D eigenvalue weighted by molar-refractivity contribution is -0.136. The van der Waals surface area contributed by atoms with Crippen LogP contribution in [-0.4, -0.2) is 13.4 Å². The fraction of sp³-hybridized carbons (Fsp3) is 0.375. The molecule has 3 heteroatoms. The molecule has 0 amide bonds. The van der Waals surface area contributed by atoms with E-state index in [0.29, 0.717) is 0 Å². The van der Waals surface area contributed by atoms with Crippen molar-refractivity contribution in [3.05, 3.63) is 108 Å². The molecule has 1 heterocycles. The second-order valence-electron chi connectivity index (χ2n) is 9.22. The first-order valence-corrected chi connectivity index (χ1v) is 13.1. The maximum atomic E-state index is 6.88. The van der Waals surface area contributed by atoms with Gasteiger partial charge in [-0.25, -0.2) is 0 Å². The number of fused-ring (bicyclic) bond motifs is 1. The molecule has 1 unspecified atom stereocenters. The van der Waals surface area contributed by atoms with Crippen molar-refractivity contribution in [3.63, 3.8) is 0 Å². The zero-order chi connectivity index (χ0) is 24.3. The number of hydrogen-bond donors (Lipinski definition) is 0. The third kappa shape index (κ3) is 5.97. The highest BCUT2D eigenvalue weighted by Gasteiger charge is 2.45. The zero-order valence-electron chi connectivity index (χ0n) is 21.1. The normalized spacial score (nSPS) is 16.6. The maximum Gasteiger partial charge on any atom is 0.221 e. The number of hydrogen-bond acceptors (Lipinski definition) is 3. The summed E-state index contributed by atoms with van der Waals surface area (Å²) in [7, 11) is 1.69. The van der Waals surface area contributed by atoms with Gasteiger partial charge in [-0.05, 0) is 48.2 Å². The minimum atomic E-state index is -0.807. The lowest BCUT2D eigenvalue weighted by atomic mass is 9.79. The van der Waals surface area contributed by atoms with Gasteiger partial charge in [-0.3, -0.25) is 0 Å². The molecule has 0 aromatic heterocycles. The van der Waals surface area contributed by atoms with Gasteiger partial charge in [0.1, 0.15) is 11.5 Å². The van der Waals surface area contributed by atoms with Crippen LogP contribution in [0.4, 0.5) is 0 Å². The predicted octanol–water partition coefficient (Wildman–Crippen LogP) is 8.42. The SMILES string of the molecule is CCCCCCCCC/C=C\C1Oc2ccc(OC)cc2C(c2ccccc2)(c2ccccc2)O1. The summed E-state index contributed by atoms with van der Waals surface area (Å²) in [6.07, 6.45) is 14.0. The monoisotopic (exact) mass is 470 g/mol. The lowest BCUT2D eigenvalue weighted by Crippen LogP contribution is -2.42. The van der Waals surface area contributed by atoms with Gasteiger partial charge in [0, 0.05) is 5.56 Å². The molecular weight excluding hydrogens is 432 g/mol. The Morgan fingerprint density at radius 3 is 2.06 bits per heavy atom. The molecule has 0 saturated carbocycles. The molecule has 0 bridgehead atoms. The summed E-state index contributed by atoms with van der Waals surface area (Å²) in [5.74, 6) is 1.59. The Morgan fingerprint density at radius 2 is 1.43 bits per heavy atom. The van der Waals surface area contributed by atoms with E-state index in [9.17, 15) is 0 Å². The van der Waals surface area contributed by atoms with Crippen molar-refractivity contribution in [2.75, 3.05) is 7.11 Å². The minimum absolute atomic E-state index is 0.485. The third-order valence-corrected chi connectivity index (χ3v) is 6.73.